The van der Waals surface area contributed by atoms with Crippen molar-refractivity contribution in [3.8, 4) is 0 Å². The molecule has 1 aromatic rings. The second kappa shape index (κ2) is 24.0. The van der Waals surface area contributed by atoms with Gasteiger partial charge in [-0.2, -0.15) is 0 Å². The van der Waals surface area contributed by atoms with Crippen LogP contribution in [0.5, 0.6) is 0 Å². The number of alkyl carbamates (subject to hydrolysis) is 1. The number of ether oxygens (including phenoxy) is 1. The van der Waals surface area contributed by atoms with E-state index in [-0.39, 0.29) is 18.4 Å². The van der Waals surface area contributed by atoms with Gasteiger partial charge in [0, 0.05) is 6.54 Å². The summed E-state index contributed by atoms with van der Waals surface area (Å²) in [6, 6.07) is 8.94. The number of hydrogen-bond donors (Lipinski definition) is 2. The van der Waals surface area contributed by atoms with Crippen molar-refractivity contribution in [3.05, 3.63) is 35.9 Å². The second-order valence-corrected chi connectivity index (χ2v) is 11.2. The average Bonchev–Trinajstić information content (AvgIpc) is 2.92. The summed E-state index contributed by atoms with van der Waals surface area (Å²) in [4.78, 5) is 24.8. The highest BCUT2D eigenvalue weighted by Crippen LogP contribution is 2.14. The minimum Gasteiger partial charge on any atom is -0.445 e. The van der Waals surface area contributed by atoms with Gasteiger partial charge in [-0.25, -0.2) is 4.79 Å². The molecular formula is C33H58N2O3. The van der Waals surface area contributed by atoms with E-state index in [0.717, 1.165) is 18.4 Å². The summed E-state index contributed by atoms with van der Waals surface area (Å²) in [6.07, 6.45) is 23.7. The maximum Gasteiger partial charge on any atom is 0.408 e. The molecule has 2 amide bonds. The Bertz CT molecular complexity index is 693. The number of nitrogens with one attached hydrogen (secondary N) is 2. The third kappa shape index (κ3) is 19.1. The fraction of sp³-hybridized carbons (Fsp3) is 0.758. The molecule has 5 heteroatoms. The van der Waals surface area contributed by atoms with E-state index in [0.29, 0.717) is 6.54 Å². The van der Waals surface area contributed by atoms with Crippen LogP contribution in [0.15, 0.2) is 30.3 Å². The first-order valence-electron chi connectivity index (χ1n) is 15.8. The summed E-state index contributed by atoms with van der Waals surface area (Å²) in [7, 11) is 0. The zero-order valence-electron chi connectivity index (χ0n) is 24.9. The maximum atomic E-state index is 12.6. The maximum absolute atomic E-state index is 12.6. The van der Waals surface area contributed by atoms with Gasteiger partial charge in [0.2, 0.25) is 5.91 Å². The van der Waals surface area contributed by atoms with Crippen molar-refractivity contribution in [1.29, 1.82) is 0 Å². The van der Waals surface area contributed by atoms with Gasteiger partial charge < -0.3 is 15.4 Å². The highest BCUT2D eigenvalue weighted by molar-refractivity contribution is 5.85. The minimum atomic E-state index is -0.589. The van der Waals surface area contributed by atoms with Crippen molar-refractivity contribution in [2.75, 3.05) is 6.54 Å². The largest absolute Gasteiger partial charge is 0.445 e. The molecule has 0 bridgehead atoms. The molecule has 0 aromatic heterocycles. The van der Waals surface area contributed by atoms with Gasteiger partial charge in [-0.15, -0.1) is 0 Å². The van der Waals surface area contributed by atoms with E-state index in [2.05, 4.69) is 17.6 Å². The Balaban J connectivity index is 1.94. The average molecular weight is 531 g/mol. The molecule has 0 aliphatic carbocycles. The fourth-order valence-corrected chi connectivity index (χ4v) is 4.77. The van der Waals surface area contributed by atoms with Gasteiger partial charge in [-0.05, 0) is 17.9 Å². The first kappa shape index (κ1) is 34.0. The van der Waals surface area contributed by atoms with Crippen LogP contribution in [-0.4, -0.2) is 24.6 Å². The summed E-state index contributed by atoms with van der Waals surface area (Å²) < 4.78 is 5.27. The molecule has 38 heavy (non-hydrogen) atoms. The SMILES string of the molecule is CCCCCCCCCCCCCCCCCCCCNC(=O)[C@@H](NC(=O)OCc1ccccc1)C(C)C. The molecule has 1 aromatic carbocycles. The van der Waals surface area contributed by atoms with E-state index >= 15 is 0 Å². The Hall–Kier alpha value is -2.04. The van der Waals surface area contributed by atoms with Gasteiger partial charge in [0.1, 0.15) is 12.6 Å². The lowest BCUT2D eigenvalue weighted by Gasteiger charge is -2.21. The molecule has 0 fully saturated rings. The summed E-state index contributed by atoms with van der Waals surface area (Å²) in [5.74, 6) is -0.150. The number of carbonyl (C=O) groups is 2. The quantitative estimate of drug-likeness (QED) is 0.131. The molecule has 0 saturated heterocycles. The van der Waals surface area contributed by atoms with Crippen LogP contribution in [-0.2, 0) is 16.1 Å². The van der Waals surface area contributed by atoms with E-state index in [9.17, 15) is 9.59 Å². The van der Waals surface area contributed by atoms with Crippen LogP contribution < -0.4 is 10.6 Å². The van der Waals surface area contributed by atoms with Gasteiger partial charge in [-0.3, -0.25) is 4.79 Å². The first-order valence-corrected chi connectivity index (χ1v) is 15.8. The molecule has 1 rings (SSSR count). The fourth-order valence-electron chi connectivity index (χ4n) is 4.77. The molecular weight excluding hydrogens is 472 g/mol. The van der Waals surface area contributed by atoms with Crippen LogP contribution in [0.3, 0.4) is 0 Å². The molecule has 0 aliphatic heterocycles. The van der Waals surface area contributed by atoms with Gasteiger partial charge in [0.25, 0.3) is 0 Å². The Morgan fingerprint density at radius 3 is 1.58 bits per heavy atom. The van der Waals surface area contributed by atoms with Crippen molar-refractivity contribution in [3.63, 3.8) is 0 Å². The minimum absolute atomic E-state index is 0.0143. The molecule has 0 heterocycles. The van der Waals surface area contributed by atoms with Crippen LogP contribution in [0.4, 0.5) is 4.79 Å². The zero-order valence-corrected chi connectivity index (χ0v) is 24.9. The number of unbranched alkanes of at least 4 members (excludes halogenated alkanes) is 17. The normalized spacial score (nSPS) is 11.9. The number of hydrogen-bond acceptors (Lipinski definition) is 3. The highest BCUT2D eigenvalue weighted by Gasteiger charge is 2.24. The van der Waals surface area contributed by atoms with E-state index < -0.39 is 12.1 Å². The summed E-state index contributed by atoms with van der Waals surface area (Å²) >= 11 is 0. The smallest absolute Gasteiger partial charge is 0.408 e. The molecule has 1 atom stereocenters. The van der Waals surface area contributed by atoms with E-state index in [1.807, 2.05) is 44.2 Å². The Morgan fingerprint density at radius 2 is 1.13 bits per heavy atom. The number of rotatable bonds is 24. The summed E-state index contributed by atoms with van der Waals surface area (Å²) in [5.41, 5.74) is 0.919. The lowest BCUT2D eigenvalue weighted by atomic mass is 10.0. The zero-order chi connectivity index (χ0) is 27.7. The first-order chi connectivity index (χ1) is 18.5. The molecule has 2 N–H and O–H groups in total. The predicted octanol–water partition coefficient (Wildman–Crippen LogP) is 9.10. The molecule has 0 spiro atoms. The molecule has 5 nitrogen and oxygen atoms in total. The van der Waals surface area contributed by atoms with E-state index in [1.165, 1.54) is 103 Å². The number of amides is 2. The van der Waals surface area contributed by atoms with Gasteiger partial charge in [-0.1, -0.05) is 160 Å². The van der Waals surface area contributed by atoms with Crippen molar-refractivity contribution < 1.29 is 14.3 Å². The Labute approximate surface area is 234 Å². The monoisotopic (exact) mass is 530 g/mol. The predicted molar refractivity (Wildman–Crippen MR) is 160 cm³/mol. The third-order valence-corrected chi connectivity index (χ3v) is 7.26. The van der Waals surface area contributed by atoms with Crippen molar-refractivity contribution >= 4 is 12.0 Å². The summed E-state index contributed by atoms with van der Waals surface area (Å²) in [6.45, 7) is 6.99. The standard InChI is InChI=1S/C33H58N2O3/c1-4-5-6-7-8-9-10-11-12-13-14-15-16-17-18-19-20-24-27-34-32(36)31(29(2)3)35-33(37)38-28-30-25-22-21-23-26-30/h21-23,25-26,29,31H,4-20,24,27-28H2,1-3H3,(H,34,36)(H,35,37)/t31-/m0/s1. The van der Waals surface area contributed by atoms with Crippen LogP contribution in [0.1, 0.15) is 142 Å². The lowest BCUT2D eigenvalue weighted by molar-refractivity contribution is -0.124. The topological polar surface area (TPSA) is 67.4 Å². The van der Waals surface area contributed by atoms with Crippen molar-refractivity contribution in [2.45, 2.75) is 149 Å². The lowest BCUT2D eigenvalue weighted by Crippen LogP contribution is -2.50. The molecule has 0 unspecified atom stereocenters. The van der Waals surface area contributed by atoms with Gasteiger partial charge >= 0.3 is 6.09 Å². The van der Waals surface area contributed by atoms with Crippen LogP contribution in [0.2, 0.25) is 0 Å². The number of carbonyl (C=O) groups excluding carboxylic acids is 2. The summed E-state index contributed by atoms with van der Waals surface area (Å²) in [5, 5.41) is 5.71. The van der Waals surface area contributed by atoms with E-state index in [1.54, 1.807) is 0 Å². The van der Waals surface area contributed by atoms with Crippen molar-refractivity contribution in [2.24, 2.45) is 5.92 Å². The Morgan fingerprint density at radius 1 is 0.684 bits per heavy atom. The van der Waals surface area contributed by atoms with E-state index in [4.69, 9.17) is 4.74 Å². The number of benzene rings is 1. The van der Waals surface area contributed by atoms with Crippen LogP contribution >= 0.6 is 0 Å². The molecule has 0 aliphatic rings. The van der Waals surface area contributed by atoms with Crippen LogP contribution in [0.25, 0.3) is 0 Å². The Kier molecular flexibility index (Phi) is 21.5. The second-order valence-electron chi connectivity index (χ2n) is 11.2. The molecule has 0 saturated carbocycles. The molecule has 0 radical (unpaired) electrons. The van der Waals surface area contributed by atoms with Gasteiger partial charge in [0.05, 0.1) is 0 Å². The van der Waals surface area contributed by atoms with Crippen LogP contribution in [0, 0.1) is 5.92 Å². The molecule has 218 valence electrons. The van der Waals surface area contributed by atoms with Gasteiger partial charge in [0.15, 0.2) is 0 Å². The highest BCUT2D eigenvalue weighted by atomic mass is 16.5. The van der Waals surface area contributed by atoms with Crippen molar-refractivity contribution in [1.82, 2.24) is 10.6 Å². The third-order valence-electron chi connectivity index (χ3n) is 7.26.